The number of aryl methyl sites for hydroxylation is 1. The Morgan fingerprint density at radius 1 is 1.12 bits per heavy atom. The number of esters is 1. The van der Waals surface area contributed by atoms with Gasteiger partial charge in [-0.15, -0.1) is 5.10 Å². The fraction of sp³-hybridized carbons (Fsp3) is 0.541. The molecule has 2 saturated heterocycles. The summed E-state index contributed by atoms with van der Waals surface area (Å²) in [4.78, 5) is 43.6. The summed E-state index contributed by atoms with van der Waals surface area (Å²) in [6, 6.07) is 14.2. The summed E-state index contributed by atoms with van der Waals surface area (Å²) in [7, 11) is 0.662. The number of hydrogen-bond donors (Lipinski definition) is 2. The van der Waals surface area contributed by atoms with E-state index >= 15 is 4.79 Å². The summed E-state index contributed by atoms with van der Waals surface area (Å²) in [6.45, 7) is 9.28. The third kappa shape index (κ3) is 6.94. The Balaban J connectivity index is 1.41. The highest BCUT2D eigenvalue weighted by atomic mass is 28.3. The lowest BCUT2D eigenvalue weighted by atomic mass is 9.82. The number of carbonyl (C=O) groups excluding carboxylic acids is 3. The van der Waals surface area contributed by atoms with Gasteiger partial charge in [0, 0.05) is 69.0 Å². The van der Waals surface area contributed by atoms with Crippen LogP contribution >= 0.6 is 0 Å². The van der Waals surface area contributed by atoms with E-state index in [-0.39, 0.29) is 54.9 Å². The molecule has 3 aromatic rings. The highest BCUT2D eigenvalue weighted by Gasteiger charge is 2.66. The summed E-state index contributed by atoms with van der Waals surface area (Å²) in [5, 5.41) is 22.3. The first-order chi connectivity index (χ1) is 24.5. The molecule has 2 N–H and O–H groups in total. The van der Waals surface area contributed by atoms with Gasteiger partial charge in [0.2, 0.25) is 5.91 Å². The number of rotatable bonds is 14. The Kier molecular flexibility index (Phi) is 11.0. The number of aromatic nitrogens is 3. The first-order valence-electron chi connectivity index (χ1n) is 17.9. The van der Waals surface area contributed by atoms with E-state index in [1.807, 2.05) is 41.4 Å². The number of methoxy groups -OCH3 is 2. The minimum atomic E-state index is -2.38. The van der Waals surface area contributed by atoms with Crippen molar-refractivity contribution in [3.05, 3.63) is 59.9 Å². The van der Waals surface area contributed by atoms with Crippen LogP contribution in [0.1, 0.15) is 43.9 Å². The third-order valence-electron chi connectivity index (χ3n) is 11.1. The predicted octanol–water partition coefficient (Wildman–Crippen LogP) is 2.75. The lowest BCUT2D eigenvalue weighted by molar-refractivity contribution is -0.146. The molecule has 0 bridgehead atoms. The summed E-state index contributed by atoms with van der Waals surface area (Å²) < 4.78 is 19.4. The van der Waals surface area contributed by atoms with Crippen molar-refractivity contribution < 1.29 is 33.7 Å². The number of fused-ring (bicyclic) bond motifs is 2. The molecule has 51 heavy (non-hydrogen) atoms. The maximum absolute atomic E-state index is 15.1. The highest BCUT2D eigenvalue weighted by molar-refractivity contribution is 6.91. The van der Waals surface area contributed by atoms with Crippen molar-refractivity contribution in [2.45, 2.75) is 75.9 Å². The topological polar surface area (TPSA) is 148 Å². The van der Waals surface area contributed by atoms with Crippen molar-refractivity contribution >= 4 is 42.4 Å². The molecule has 13 nitrogen and oxygen atoms in total. The Hall–Kier alpha value is -4.11. The van der Waals surface area contributed by atoms with Crippen LogP contribution < -0.4 is 25.0 Å². The van der Waals surface area contributed by atoms with Gasteiger partial charge in [-0.05, 0) is 55.1 Å². The summed E-state index contributed by atoms with van der Waals surface area (Å²) >= 11 is 0. The normalized spacial score (nSPS) is 23.3. The summed E-state index contributed by atoms with van der Waals surface area (Å²) in [6.07, 6.45) is 4.07. The van der Waals surface area contributed by atoms with Gasteiger partial charge in [-0.25, -0.2) is 0 Å². The number of nitrogens with zero attached hydrogens (tertiary/aromatic N) is 5. The van der Waals surface area contributed by atoms with Gasteiger partial charge in [0.15, 0.2) is 5.60 Å². The molecule has 2 aromatic carbocycles. The SMILES string of the molecule is COC(=O)CCCCN1C(=O)[C@@]2(O[C@@H](CCn3cc(CCO)nn3)[C@H]([Si](C)(C)c3ccc(OC)cc3)[C@H]2C)c2cc(N3CCNCC3=O)ccc21. The minimum Gasteiger partial charge on any atom is -0.497 e. The summed E-state index contributed by atoms with van der Waals surface area (Å²) in [5.41, 5.74) is 1.78. The average Bonchev–Trinajstić information content (AvgIpc) is 3.78. The lowest BCUT2D eigenvalue weighted by Crippen LogP contribution is -2.52. The molecule has 2 fully saturated rings. The molecule has 1 spiro atoms. The monoisotopic (exact) mass is 718 g/mol. The van der Waals surface area contributed by atoms with E-state index in [9.17, 15) is 14.7 Å². The van der Waals surface area contributed by atoms with Crippen LogP contribution in [-0.4, -0.2) is 99.1 Å². The lowest BCUT2D eigenvalue weighted by Gasteiger charge is -2.37. The number of anilines is 2. The number of hydrogen-bond acceptors (Lipinski definition) is 10. The molecule has 274 valence electrons. The van der Waals surface area contributed by atoms with E-state index in [1.54, 1.807) is 16.7 Å². The number of nitrogens with one attached hydrogen (secondary N) is 1. The Morgan fingerprint density at radius 2 is 1.90 bits per heavy atom. The molecule has 3 aliphatic rings. The van der Waals surface area contributed by atoms with Gasteiger partial charge in [0.05, 0.1) is 46.3 Å². The van der Waals surface area contributed by atoms with Crippen molar-refractivity contribution in [3.8, 4) is 5.75 Å². The fourth-order valence-electron chi connectivity index (χ4n) is 8.42. The second kappa shape index (κ2) is 15.2. The molecule has 0 unspecified atom stereocenters. The number of unbranched alkanes of at least 4 members (excludes halogenated alkanes) is 1. The number of piperazine rings is 1. The van der Waals surface area contributed by atoms with Gasteiger partial charge in [0.25, 0.3) is 5.91 Å². The maximum atomic E-state index is 15.1. The second-order valence-corrected chi connectivity index (χ2v) is 19.0. The quantitative estimate of drug-likeness (QED) is 0.145. The van der Waals surface area contributed by atoms with E-state index in [4.69, 9.17) is 14.2 Å². The molecule has 3 aliphatic heterocycles. The Morgan fingerprint density at radius 3 is 2.61 bits per heavy atom. The van der Waals surface area contributed by atoms with Gasteiger partial charge in [0.1, 0.15) is 5.75 Å². The van der Waals surface area contributed by atoms with E-state index in [0.717, 1.165) is 28.4 Å². The molecule has 14 heteroatoms. The van der Waals surface area contributed by atoms with Crippen molar-refractivity contribution in [3.63, 3.8) is 0 Å². The number of aliphatic hydroxyl groups excluding tert-OH is 1. The largest absolute Gasteiger partial charge is 0.497 e. The van der Waals surface area contributed by atoms with Crippen LogP contribution in [0.25, 0.3) is 0 Å². The number of benzene rings is 2. The highest BCUT2D eigenvalue weighted by Crippen LogP contribution is 2.60. The van der Waals surface area contributed by atoms with Gasteiger partial charge in [-0.1, -0.05) is 42.6 Å². The molecule has 0 aliphatic carbocycles. The first-order valence-corrected chi connectivity index (χ1v) is 21.0. The number of aliphatic hydroxyl groups is 1. The molecule has 1 aromatic heterocycles. The first kappa shape index (κ1) is 36.7. The van der Waals surface area contributed by atoms with Crippen LogP contribution in [0.2, 0.25) is 18.6 Å². The Labute approximate surface area is 300 Å². The van der Waals surface area contributed by atoms with Gasteiger partial charge < -0.3 is 34.4 Å². The second-order valence-electron chi connectivity index (χ2n) is 14.3. The molecule has 2 amide bonds. The zero-order valence-corrected chi connectivity index (χ0v) is 31.3. The van der Waals surface area contributed by atoms with Crippen LogP contribution in [0.3, 0.4) is 0 Å². The molecule has 6 rings (SSSR count). The zero-order valence-electron chi connectivity index (χ0n) is 30.3. The van der Waals surface area contributed by atoms with Gasteiger partial charge in [-0.2, -0.15) is 0 Å². The van der Waals surface area contributed by atoms with Crippen molar-refractivity contribution in [2.24, 2.45) is 5.92 Å². The molecule has 0 radical (unpaired) electrons. The standard InChI is InChI=1S/C37H50N6O7Si/c1-25-35(51(4,5)29-12-10-28(48-2)11-13-29)32(15-19-41-24-26(16-21-44)39-40-41)50-37(25)30-22-27(42-20-17-38-23-33(42)45)9-14-31(30)43(36(37)47)18-7-6-8-34(46)49-3/h9-14,22,24-25,32,35,38,44H,6-8,15-21,23H2,1-5H3/t25-,32+,35-,37+/m1/s1. The summed E-state index contributed by atoms with van der Waals surface area (Å²) in [5.74, 6) is 0.175. The van der Waals surface area contributed by atoms with E-state index in [1.165, 1.54) is 12.3 Å². The number of amides is 2. The minimum absolute atomic E-state index is 0.00355. The fourth-order valence-corrected chi connectivity index (χ4v) is 12.5. The maximum Gasteiger partial charge on any atom is 0.305 e. The zero-order chi connectivity index (χ0) is 36.3. The average molecular weight is 719 g/mol. The van der Waals surface area contributed by atoms with Crippen molar-refractivity contribution in [1.29, 1.82) is 0 Å². The van der Waals surface area contributed by atoms with Crippen LogP contribution in [0.5, 0.6) is 5.75 Å². The van der Waals surface area contributed by atoms with Gasteiger partial charge in [-0.3, -0.25) is 19.1 Å². The molecule has 0 saturated carbocycles. The van der Waals surface area contributed by atoms with Crippen molar-refractivity contribution in [2.75, 3.05) is 56.8 Å². The van der Waals surface area contributed by atoms with Gasteiger partial charge >= 0.3 is 5.97 Å². The predicted molar refractivity (Wildman–Crippen MR) is 195 cm³/mol. The van der Waals surface area contributed by atoms with E-state index in [0.29, 0.717) is 51.9 Å². The van der Waals surface area contributed by atoms with E-state index < -0.39 is 13.7 Å². The third-order valence-corrected chi connectivity index (χ3v) is 15.4. The van der Waals surface area contributed by atoms with Crippen LogP contribution in [0.4, 0.5) is 11.4 Å². The van der Waals surface area contributed by atoms with Crippen LogP contribution in [0.15, 0.2) is 48.7 Å². The molecule has 4 heterocycles. The van der Waals surface area contributed by atoms with E-state index in [2.05, 4.69) is 47.8 Å². The van der Waals surface area contributed by atoms with Crippen LogP contribution in [0, 0.1) is 5.92 Å². The number of ether oxygens (including phenoxy) is 3. The van der Waals surface area contributed by atoms with Crippen LogP contribution in [-0.2, 0) is 42.4 Å². The van der Waals surface area contributed by atoms with Crippen molar-refractivity contribution in [1.82, 2.24) is 20.3 Å². The molecular formula is C37H50N6O7Si. The molecule has 4 atom stereocenters. The number of carbonyl (C=O) groups is 3. The molecular weight excluding hydrogens is 669 g/mol. The smallest absolute Gasteiger partial charge is 0.305 e. The Bertz CT molecular complexity index is 1730.